The number of aromatic nitrogens is 2. The van der Waals surface area contributed by atoms with E-state index in [1.165, 1.54) is 11.7 Å². The van der Waals surface area contributed by atoms with Crippen molar-refractivity contribution >= 4 is 11.5 Å². The first-order valence-electron chi connectivity index (χ1n) is 6.96. The first-order chi connectivity index (χ1) is 10.0. The second-order valence-corrected chi connectivity index (χ2v) is 4.84. The molecule has 120 valence electrons. The van der Waals surface area contributed by atoms with E-state index in [9.17, 15) is 9.59 Å². The zero-order valence-corrected chi connectivity index (χ0v) is 12.6. The normalized spacial score (nSPS) is 10.8. The number of rotatable bonds is 9. The van der Waals surface area contributed by atoms with E-state index in [0.717, 1.165) is 19.3 Å². The number of aromatic amines is 1. The van der Waals surface area contributed by atoms with Crippen LogP contribution in [0.4, 0.5) is 11.5 Å². The van der Waals surface area contributed by atoms with Crippen molar-refractivity contribution in [2.45, 2.75) is 25.8 Å². The number of aliphatic hydroxyl groups excluding tert-OH is 1. The maximum absolute atomic E-state index is 12.0. The van der Waals surface area contributed by atoms with Crippen LogP contribution in [-0.4, -0.2) is 48.6 Å². The van der Waals surface area contributed by atoms with Gasteiger partial charge in [-0.3, -0.25) is 14.3 Å². The lowest BCUT2D eigenvalue weighted by molar-refractivity contribution is 0.186. The number of nitrogens with two attached hydrogens (primary N) is 1. The largest absolute Gasteiger partial charge is 0.396 e. The fourth-order valence-corrected chi connectivity index (χ4v) is 2.10. The zero-order valence-electron chi connectivity index (χ0n) is 12.6. The van der Waals surface area contributed by atoms with Gasteiger partial charge in [0.15, 0.2) is 0 Å². The molecule has 0 bridgehead atoms. The lowest BCUT2D eigenvalue weighted by Gasteiger charge is -2.21. The molecule has 0 fully saturated rings. The molecule has 0 atom stereocenters. The quantitative estimate of drug-likeness (QED) is 0.523. The van der Waals surface area contributed by atoms with Crippen molar-refractivity contribution in [1.82, 2.24) is 9.55 Å². The Morgan fingerprint density at radius 2 is 2.05 bits per heavy atom. The number of unbranched alkanes of at least 4 members (excludes halogenated alkanes) is 2. The molecule has 8 nitrogen and oxygen atoms in total. The number of nitrogens with zero attached hydrogens (tertiary/aromatic N) is 2. The molecule has 0 aromatic carbocycles. The van der Waals surface area contributed by atoms with E-state index in [1.54, 1.807) is 11.9 Å². The Labute approximate surface area is 123 Å². The fourth-order valence-electron chi connectivity index (χ4n) is 2.10. The molecule has 1 rings (SSSR count). The van der Waals surface area contributed by atoms with Crippen LogP contribution in [0.25, 0.3) is 0 Å². The maximum Gasteiger partial charge on any atom is 0.330 e. The van der Waals surface area contributed by atoms with Crippen LogP contribution in [-0.2, 0) is 11.3 Å². The lowest BCUT2D eigenvalue weighted by Crippen LogP contribution is -2.38. The second kappa shape index (κ2) is 8.48. The van der Waals surface area contributed by atoms with Crippen molar-refractivity contribution in [3.63, 3.8) is 0 Å². The van der Waals surface area contributed by atoms with Crippen LogP contribution in [0.15, 0.2) is 9.59 Å². The van der Waals surface area contributed by atoms with Gasteiger partial charge in [0.2, 0.25) is 0 Å². The third kappa shape index (κ3) is 4.61. The number of nitrogens with one attached hydrogen (secondary N) is 1. The first kappa shape index (κ1) is 17.3. The molecule has 0 saturated carbocycles. The number of ether oxygens (including phenoxy) is 1. The van der Waals surface area contributed by atoms with Gasteiger partial charge < -0.3 is 20.5 Å². The average molecular weight is 300 g/mol. The minimum absolute atomic E-state index is 0.144. The van der Waals surface area contributed by atoms with Gasteiger partial charge in [-0.15, -0.1) is 0 Å². The summed E-state index contributed by atoms with van der Waals surface area (Å²) in [7, 11) is 3.28. The van der Waals surface area contributed by atoms with E-state index in [-0.39, 0.29) is 24.7 Å². The molecule has 0 aliphatic rings. The summed E-state index contributed by atoms with van der Waals surface area (Å²) >= 11 is 0. The topological polar surface area (TPSA) is 114 Å². The molecule has 4 N–H and O–H groups in total. The molecule has 0 saturated heterocycles. The summed E-state index contributed by atoms with van der Waals surface area (Å²) in [4.78, 5) is 27.7. The van der Waals surface area contributed by atoms with Crippen molar-refractivity contribution in [2.75, 3.05) is 44.5 Å². The minimum atomic E-state index is -0.535. The van der Waals surface area contributed by atoms with Crippen molar-refractivity contribution in [1.29, 1.82) is 0 Å². The number of hydrogen-bond donors (Lipinski definition) is 3. The van der Waals surface area contributed by atoms with Crippen LogP contribution >= 0.6 is 0 Å². The molecular weight excluding hydrogens is 276 g/mol. The van der Waals surface area contributed by atoms with Crippen LogP contribution in [0, 0.1) is 0 Å². The highest BCUT2D eigenvalue weighted by Crippen LogP contribution is 2.15. The summed E-state index contributed by atoms with van der Waals surface area (Å²) in [6, 6.07) is 0. The molecule has 0 spiro atoms. The summed E-state index contributed by atoms with van der Waals surface area (Å²) in [5, 5.41) is 8.75. The van der Waals surface area contributed by atoms with Crippen LogP contribution in [0.1, 0.15) is 19.3 Å². The minimum Gasteiger partial charge on any atom is -0.396 e. The van der Waals surface area contributed by atoms with Gasteiger partial charge in [0.25, 0.3) is 5.56 Å². The average Bonchev–Trinajstić information content (AvgIpc) is 2.43. The molecule has 8 heteroatoms. The number of anilines is 2. The fraction of sp³-hybridized carbons (Fsp3) is 0.692. The highest BCUT2D eigenvalue weighted by atomic mass is 16.5. The third-order valence-corrected chi connectivity index (χ3v) is 3.27. The number of H-pyrrole nitrogens is 1. The van der Waals surface area contributed by atoms with Gasteiger partial charge in [0.1, 0.15) is 11.5 Å². The predicted octanol–water partition coefficient (Wildman–Crippen LogP) is -0.636. The number of aliphatic hydroxyl groups is 1. The van der Waals surface area contributed by atoms with Crippen LogP contribution in [0.5, 0.6) is 0 Å². The first-order valence-corrected chi connectivity index (χ1v) is 6.96. The van der Waals surface area contributed by atoms with E-state index in [1.807, 2.05) is 0 Å². The van der Waals surface area contributed by atoms with E-state index < -0.39 is 11.2 Å². The second-order valence-electron chi connectivity index (χ2n) is 4.84. The molecule has 0 amide bonds. The molecule has 0 aliphatic heterocycles. The lowest BCUT2D eigenvalue weighted by atomic mass is 10.2. The van der Waals surface area contributed by atoms with Gasteiger partial charge in [-0.2, -0.15) is 0 Å². The molecule has 1 heterocycles. The van der Waals surface area contributed by atoms with Gasteiger partial charge in [0.05, 0.1) is 13.2 Å². The SMILES string of the molecule is COCCn1c(N)c(N(C)CCCCCO)c(=O)[nH]c1=O. The maximum atomic E-state index is 12.0. The highest BCUT2D eigenvalue weighted by Gasteiger charge is 2.15. The van der Waals surface area contributed by atoms with Gasteiger partial charge >= 0.3 is 5.69 Å². The van der Waals surface area contributed by atoms with Gasteiger partial charge in [0, 0.05) is 27.3 Å². The molecular formula is C13H24N4O4. The summed E-state index contributed by atoms with van der Waals surface area (Å²) in [5.41, 5.74) is 5.22. The smallest absolute Gasteiger partial charge is 0.330 e. The van der Waals surface area contributed by atoms with E-state index in [4.69, 9.17) is 15.6 Å². The van der Waals surface area contributed by atoms with Crippen LogP contribution in [0.2, 0.25) is 0 Å². The number of methoxy groups -OCH3 is 1. The molecule has 0 unspecified atom stereocenters. The van der Waals surface area contributed by atoms with Gasteiger partial charge in [-0.25, -0.2) is 4.79 Å². The summed E-state index contributed by atoms with van der Waals surface area (Å²) in [6.07, 6.45) is 2.42. The number of nitrogen functional groups attached to an aromatic ring is 1. The monoisotopic (exact) mass is 300 g/mol. The van der Waals surface area contributed by atoms with Crippen molar-refractivity contribution in [3.05, 3.63) is 20.8 Å². The molecule has 1 aromatic rings. The van der Waals surface area contributed by atoms with Gasteiger partial charge in [-0.05, 0) is 19.3 Å². The van der Waals surface area contributed by atoms with Crippen LogP contribution in [0.3, 0.4) is 0 Å². The third-order valence-electron chi connectivity index (χ3n) is 3.27. The van der Waals surface area contributed by atoms with Gasteiger partial charge in [-0.1, -0.05) is 0 Å². The van der Waals surface area contributed by atoms with E-state index in [0.29, 0.717) is 13.2 Å². The van der Waals surface area contributed by atoms with Crippen molar-refractivity contribution < 1.29 is 9.84 Å². The van der Waals surface area contributed by atoms with Crippen molar-refractivity contribution in [2.24, 2.45) is 0 Å². The van der Waals surface area contributed by atoms with E-state index >= 15 is 0 Å². The Kier molecular flexibility index (Phi) is 6.97. The van der Waals surface area contributed by atoms with Crippen LogP contribution < -0.4 is 21.9 Å². The zero-order chi connectivity index (χ0) is 15.8. The Morgan fingerprint density at radius 1 is 1.33 bits per heavy atom. The highest BCUT2D eigenvalue weighted by molar-refractivity contribution is 5.61. The Balaban J connectivity index is 2.95. The van der Waals surface area contributed by atoms with Crippen molar-refractivity contribution in [3.8, 4) is 0 Å². The Bertz CT molecular complexity index is 552. The Hall–Kier alpha value is -1.80. The standard InChI is InChI=1S/C13H24N4O4/c1-16(6-4-3-5-8-18)10-11(14)17(7-9-21-2)13(20)15-12(10)19/h18H,3-9,14H2,1-2H3,(H,15,19,20). The molecule has 1 aromatic heterocycles. The Morgan fingerprint density at radius 3 is 2.67 bits per heavy atom. The summed E-state index contributed by atoms with van der Waals surface area (Å²) < 4.78 is 6.23. The molecule has 0 radical (unpaired) electrons. The molecule has 0 aliphatic carbocycles. The number of hydrogen-bond acceptors (Lipinski definition) is 6. The van der Waals surface area contributed by atoms with E-state index in [2.05, 4.69) is 4.98 Å². The summed E-state index contributed by atoms with van der Waals surface area (Å²) in [5.74, 6) is 0.144. The predicted molar refractivity (Wildman–Crippen MR) is 81.8 cm³/mol. The molecule has 21 heavy (non-hydrogen) atoms. The summed E-state index contributed by atoms with van der Waals surface area (Å²) in [6.45, 7) is 1.39.